The van der Waals surface area contributed by atoms with Crippen molar-refractivity contribution in [1.29, 1.82) is 0 Å². The van der Waals surface area contributed by atoms with E-state index >= 15 is 0 Å². The van der Waals surface area contributed by atoms with Gasteiger partial charge in [-0.1, -0.05) is 29.8 Å². The van der Waals surface area contributed by atoms with Crippen LogP contribution in [-0.2, 0) is 0 Å². The van der Waals surface area contributed by atoms with E-state index in [1.54, 1.807) is 0 Å². The van der Waals surface area contributed by atoms with Gasteiger partial charge in [0.15, 0.2) is 5.11 Å². The van der Waals surface area contributed by atoms with Crippen LogP contribution in [0, 0.1) is 27.7 Å². The Kier molecular flexibility index (Phi) is 5.92. The number of benzene rings is 2. The van der Waals surface area contributed by atoms with Crippen LogP contribution in [0.3, 0.4) is 0 Å². The van der Waals surface area contributed by atoms with E-state index in [4.69, 9.17) is 23.8 Å². The monoisotopic (exact) mass is 486 g/mol. The van der Waals surface area contributed by atoms with E-state index in [9.17, 15) is 0 Å². The van der Waals surface area contributed by atoms with Crippen LogP contribution < -0.4 is 10.2 Å². The lowest BCUT2D eigenvalue weighted by Gasteiger charge is -2.28. The molecule has 1 aliphatic rings. The molecule has 0 aliphatic carbocycles. The van der Waals surface area contributed by atoms with Crippen molar-refractivity contribution in [3.8, 4) is 5.69 Å². The summed E-state index contributed by atoms with van der Waals surface area (Å²) in [5.74, 6) is 0. The molecule has 6 heteroatoms. The quantitative estimate of drug-likeness (QED) is 0.317. The Bertz CT molecular complexity index is 1360. The largest absolute Gasteiger partial charge is 0.351 e. The fourth-order valence-corrected chi connectivity index (χ4v) is 5.46. The van der Waals surface area contributed by atoms with Crippen molar-refractivity contribution in [3.63, 3.8) is 0 Å². The molecule has 0 unspecified atom stereocenters. The number of thiocarbonyl (C=S) groups is 1. The molecule has 1 saturated heterocycles. The Hall–Kier alpha value is -3.15. The lowest BCUT2D eigenvalue weighted by Crippen LogP contribution is -2.29. The maximum Gasteiger partial charge on any atom is 0.174 e. The molecule has 5 rings (SSSR count). The number of hydrogen-bond acceptors (Lipinski definition) is 2. The topological polar surface area (TPSA) is 33.1 Å². The summed E-state index contributed by atoms with van der Waals surface area (Å²) >= 11 is 12.1. The van der Waals surface area contributed by atoms with Gasteiger partial charge >= 0.3 is 0 Å². The summed E-state index contributed by atoms with van der Waals surface area (Å²) in [4.78, 5) is 6.87. The third-order valence-corrected chi connectivity index (χ3v) is 7.38. The second kappa shape index (κ2) is 8.90. The average Bonchev–Trinajstić information content (AvgIpc) is 3.32. The van der Waals surface area contributed by atoms with Crippen LogP contribution in [0.4, 0.5) is 5.69 Å². The number of nitrogens with one attached hydrogen (secondary N) is 1. The molecular formula is C28H27ClN4S. The Morgan fingerprint density at radius 2 is 1.71 bits per heavy atom. The average molecular weight is 487 g/mol. The Labute approximate surface area is 211 Å². The van der Waals surface area contributed by atoms with E-state index in [-0.39, 0.29) is 12.1 Å². The van der Waals surface area contributed by atoms with Crippen LogP contribution in [0.15, 0.2) is 72.9 Å². The first-order chi connectivity index (χ1) is 16.4. The summed E-state index contributed by atoms with van der Waals surface area (Å²) in [7, 11) is 0. The Balaban J connectivity index is 1.70. The molecule has 0 saturated carbocycles. The number of pyridine rings is 1. The molecule has 0 bridgehead atoms. The predicted molar refractivity (Wildman–Crippen MR) is 144 cm³/mol. The maximum atomic E-state index is 6.20. The van der Waals surface area contributed by atoms with Gasteiger partial charge in [-0.05, 0) is 105 Å². The minimum Gasteiger partial charge on any atom is -0.351 e. The standard InChI is InChI=1S/C28H27ClN4S/c1-17-8-7-10-25(19(17)3)32-18(2)16-23(20(32)4)27-26(24-9-5-6-15-30-24)31-28(34)33(27)22-13-11-21(29)12-14-22/h5-16,26-27H,1-4H3,(H,31,34)/t26-,27-/m0/s1. The minimum absolute atomic E-state index is 0.0614. The van der Waals surface area contributed by atoms with Crippen LogP contribution >= 0.6 is 23.8 Å². The van der Waals surface area contributed by atoms with Crippen molar-refractivity contribution in [2.45, 2.75) is 39.8 Å². The molecule has 4 nitrogen and oxygen atoms in total. The third kappa shape index (κ3) is 3.79. The first-order valence-electron chi connectivity index (χ1n) is 11.4. The molecule has 3 heterocycles. The van der Waals surface area contributed by atoms with E-state index in [0.717, 1.165) is 11.4 Å². The first-order valence-corrected chi connectivity index (χ1v) is 12.2. The number of halogens is 1. The fourth-order valence-electron chi connectivity index (χ4n) is 4.99. The second-order valence-electron chi connectivity index (χ2n) is 8.85. The second-order valence-corrected chi connectivity index (χ2v) is 9.68. The SMILES string of the molecule is Cc1cccc(-n2c(C)cc([C@H]3[C@H](c4ccccn4)NC(=S)N3c3ccc(Cl)cc3)c2C)c1C. The number of aryl methyl sites for hydroxylation is 2. The smallest absolute Gasteiger partial charge is 0.174 e. The van der Waals surface area contributed by atoms with Crippen molar-refractivity contribution in [2.75, 3.05) is 4.90 Å². The molecule has 1 fully saturated rings. The molecule has 1 N–H and O–H groups in total. The van der Waals surface area contributed by atoms with Crippen LogP contribution in [0.1, 0.15) is 45.9 Å². The summed E-state index contributed by atoms with van der Waals surface area (Å²) in [5, 5.41) is 4.93. The van der Waals surface area contributed by atoms with Crippen molar-refractivity contribution in [1.82, 2.24) is 14.9 Å². The van der Waals surface area contributed by atoms with Crippen LogP contribution in [0.2, 0.25) is 5.02 Å². The van der Waals surface area contributed by atoms with Crippen molar-refractivity contribution in [3.05, 3.63) is 112 Å². The molecule has 4 aromatic rings. The molecule has 0 radical (unpaired) electrons. The normalized spacial score (nSPS) is 17.8. The molecule has 1 aliphatic heterocycles. The molecule has 172 valence electrons. The highest BCUT2D eigenvalue weighted by Gasteiger charge is 2.42. The van der Waals surface area contributed by atoms with Gasteiger partial charge in [-0.2, -0.15) is 0 Å². The van der Waals surface area contributed by atoms with Gasteiger partial charge in [0.25, 0.3) is 0 Å². The van der Waals surface area contributed by atoms with Gasteiger partial charge in [-0.25, -0.2) is 0 Å². The molecule has 0 spiro atoms. The predicted octanol–water partition coefficient (Wildman–Crippen LogP) is 6.94. The highest BCUT2D eigenvalue weighted by Crippen LogP contribution is 2.44. The zero-order valence-electron chi connectivity index (χ0n) is 19.7. The van der Waals surface area contributed by atoms with E-state index in [1.807, 2.05) is 42.6 Å². The van der Waals surface area contributed by atoms with Crippen LogP contribution in [0.5, 0.6) is 0 Å². The van der Waals surface area contributed by atoms with Gasteiger partial charge in [0.05, 0.1) is 17.8 Å². The van der Waals surface area contributed by atoms with Crippen molar-refractivity contribution in [2.24, 2.45) is 0 Å². The summed E-state index contributed by atoms with van der Waals surface area (Å²) in [6.45, 7) is 8.71. The Morgan fingerprint density at radius 1 is 0.941 bits per heavy atom. The first kappa shape index (κ1) is 22.6. The third-order valence-electron chi connectivity index (χ3n) is 6.81. The maximum absolute atomic E-state index is 6.20. The Morgan fingerprint density at radius 3 is 2.41 bits per heavy atom. The number of aromatic nitrogens is 2. The van der Waals surface area contributed by atoms with Gasteiger partial charge in [0.1, 0.15) is 0 Å². The van der Waals surface area contributed by atoms with Gasteiger partial charge < -0.3 is 14.8 Å². The highest BCUT2D eigenvalue weighted by atomic mass is 35.5. The number of rotatable bonds is 4. The van der Waals surface area contributed by atoms with E-state index in [0.29, 0.717) is 10.1 Å². The summed E-state index contributed by atoms with van der Waals surface area (Å²) in [5.41, 5.74) is 9.34. The lowest BCUT2D eigenvalue weighted by molar-refractivity contribution is 0.565. The summed E-state index contributed by atoms with van der Waals surface area (Å²) < 4.78 is 2.36. The van der Waals surface area contributed by atoms with Gasteiger partial charge in [0, 0.05) is 34.0 Å². The zero-order valence-corrected chi connectivity index (χ0v) is 21.3. The number of anilines is 1. The van der Waals surface area contributed by atoms with Crippen molar-refractivity contribution >= 4 is 34.6 Å². The summed E-state index contributed by atoms with van der Waals surface area (Å²) in [6, 6.07) is 22.5. The van der Waals surface area contributed by atoms with Crippen LogP contribution in [-0.4, -0.2) is 14.7 Å². The highest BCUT2D eigenvalue weighted by molar-refractivity contribution is 7.80. The fraction of sp³-hybridized carbons (Fsp3) is 0.214. The van der Waals surface area contributed by atoms with Gasteiger partial charge in [-0.15, -0.1) is 0 Å². The van der Waals surface area contributed by atoms with Gasteiger partial charge in [0.2, 0.25) is 0 Å². The molecule has 0 amide bonds. The molecule has 2 atom stereocenters. The minimum atomic E-state index is -0.0862. The van der Waals surface area contributed by atoms with E-state index < -0.39 is 0 Å². The zero-order chi connectivity index (χ0) is 24.0. The molecule has 2 aromatic heterocycles. The van der Waals surface area contributed by atoms with Crippen LogP contribution in [0.25, 0.3) is 5.69 Å². The molecular weight excluding hydrogens is 460 g/mol. The molecule has 2 aromatic carbocycles. The summed E-state index contributed by atoms with van der Waals surface area (Å²) in [6.07, 6.45) is 1.83. The number of nitrogens with zero attached hydrogens (tertiary/aromatic N) is 3. The van der Waals surface area contributed by atoms with E-state index in [2.05, 4.69) is 77.8 Å². The lowest BCUT2D eigenvalue weighted by atomic mass is 9.96. The number of hydrogen-bond donors (Lipinski definition) is 1. The van der Waals surface area contributed by atoms with Gasteiger partial charge in [-0.3, -0.25) is 4.98 Å². The van der Waals surface area contributed by atoms with Crippen molar-refractivity contribution < 1.29 is 0 Å². The van der Waals surface area contributed by atoms with E-state index in [1.165, 1.54) is 33.8 Å². The molecule has 34 heavy (non-hydrogen) atoms.